The van der Waals surface area contributed by atoms with Gasteiger partial charge in [0.15, 0.2) is 0 Å². The minimum atomic E-state index is 0.665. The number of nitrogens with two attached hydrogens (primary N) is 1. The van der Waals surface area contributed by atoms with Gasteiger partial charge in [0.05, 0.1) is 12.3 Å². The van der Waals surface area contributed by atoms with E-state index >= 15 is 0 Å². The monoisotopic (exact) mass is 296 g/mol. The van der Waals surface area contributed by atoms with E-state index in [0.717, 1.165) is 33.3 Å². The summed E-state index contributed by atoms with van der Waals surface area (Å²) in [6.07, 6.45) is 0. The molecular weight excluding hydrogens is 280 g/mol. The van der Waals surface area contributed by atoms with E-state index < -0.39 is 0 Å². The summed E-state index contributed by atoms with van der Waals surface area (Å²) in [5.41, 5.74) is 9.60. The molecule has 0 fully saturated rings. The maximum Gasteiger partial charge on any atom is 0.124 e. The molecule has 3 rings (SSSR count). The summed E-state index contributed by atoms with van der Waals surface area (Å²) in [6, 6.07) is 15.8. The zero-order valence-corrected chi connectivity index (χ0v) is 12.6. The molecule has 106 valence electrons. The molecule has 0 spiro atoms. The van der Waals surface area contributed by atoms with E-state index in [9.17, 15) is 0 Å². The summed E-state index contributed by atoms with van der Waals surface area (Å²) in [6.45, 7) is 2.65. The molecule has 3 nitrogen and oxygen atoms in total. The molecule has 3 aromatic rings. The lowest BCUT2D eigenvalue weighted by Crippen LogP contribution is -1.91. The van der Waals surface area contributed by atoms with Crippen molar-refractivity contribution in [2.45, 2.75) is 6.92 Å². The van der Waals surface area contributed by atoms with Gasteiger partial charge in [0.2, 0.25) is 0 Å². The number of nitrogens with zero attached hydrogens (tertiary/aromatic N) is 1. The lowest BCUT2D eigenvalue weighted by Gasteiger charge is -2.04. The summed E-state index contributed by atoms with van der Waals surface area (Å²) in [4.78, 5) is 4.70. The largest absolute Gasteiger partial charge is 0.494 e. The second-order valence-corrected chi connectivity index (χ2v) is 5.48. The Hall–Kier alpha value is -2.33. The molecule has 4 heteroatoms. The molecule has 1 heterocycles. The molecule has 0 aliphatic carbocycles. The Morgan fingerprint density at radius 2 is 1.90 bits per heavy atom. The van der Waals surface area contributed by atoms with E-state index in [1.54, 1.807) is 11.3 Å². The number of hydrogen-bond acceptors (Lipinski definition) is 4. The minimum Gasteiger partial charge on any atom is -0.494 e. The first kappa shape index (κ1) is 13.6. The molecule has 0 aliphatic heterocycles. The predicted molar refractivity (Wildman–Crippen MR) is 88.6 cm³/mol. The molecule has 0 atom stereocenters. The van der Waals surface area contributed by atoms with Crippen LogP contribution in [0.2, 0.25) is 0 Å². The van der Waals surface area contributed by atoms with Crippen LogP contribution in [-0.4, -0.2) is 11.6 Å². The fourth-order valence-corrected chi connectivity index (χ4v) is 2.90. The van der Waals surface area contributed by atoms with E-state index in [1.807, 2.05) is 55.5 Å². The van der Waals surface area contributed by atoms with Crippen LogP contribution in [0.25, 0.3) is 21.8 Å². The van der Waals surface area contributed by atoms with Crippen molar-refractivity contribution < 1.29 is 4.74 Å². The number of rotatable bonds is 4. The third-order valence-electron chi connectivity index (χ3n) is 3.10. The van der Waals surface area contributed by atoms with Crippen molar-refractivity contribution in [3.63, 3.8) is 0 Å². The normalized spacial score (nSPS) is 10.5. The summed E-state index contributed by atoms with van der Waals surface area (Å²) in [5.74, 6) is 0.874. The van der Waals surface area contributed by atoms with Crippen LogP contribution in [-0.2, 0) is 0 Å². The van der Waals surface area contributed by atoms with Gasteiger partial charge in [-0.1, -0.05) is 24.3 Å². The van der Waals surface area contributed by atoms with E-state index in [0.29, 0.717) is 6.61 Å². The number of nitrogen functional groups attached to an aromatic ring is 1. The number of ether oxygens (including phenoxy) is 1. The summed E-state index contributed by atoms with van der Waals surface area (Å²) < 4.78 is 5.54. The van der Waals surface area contributed by atoms with Gasteiger partial charge in [-0.3, -0.25) is 0 Å². The second kappa shape index (κ2) is 5.97. The summed E-state index contributed by atoms with van der Waals surface area (Å²) in [7, 11) is 0. The van der Waals surface area contributed by atoms with Crippen molar-refractivity contribution in [1.82, 2.24) is 4.98 Å². The average molecular weight is 296 g/mol. The van der Waals surface area contributed by atoms with Crippen LogP contribution in [0.1, 0.15) is 6.92 Å². The number of aromatic nitrogens is 1. The zero-order valence-electron chi connectivity index (χ0n) is 11.7. The average Bonchev–Trinajstić information content (AvgIpc) is 2.98. The van der Waals surface area contributed by atoms with Crippen LogP contribution in [0.15, 0.2) is 53.9 Å². The van der Waals surface area contributed by atoms with Gasteiger partial charge in [-0.05, 0) is 31.2 Å². The molecule has 0 saturated heterocycles. The van der Waals surface area contributed by atoms with Crippen LogP contribution in [0.5, 0.6) is 5.75 Å². The highest BCUT2D eigenvalue weighted by Gasteiger charge is 2.07. The van der Waals surface area contributed by atoms with Crippen LogP contribution >= 0.6 is 11.3 Å². The number of thiazole rings is 1. The van der Waals surface area contributed by atoms with Crippen LogP contribution in [0.4, 0.5) is 5.69 Å². The van der Waals surface area contributed by atoms with Crippen LogP contribution in [0, 0.1) is 0 Å². The van der Waals surface area contributed by atoms with Crippen LogP contribution in [0.3, 0.4) is 0 Å². The number of anilines is 1. The van der Waals surface area contributed by atoms with Crippen molar-refractivity contribution in [3.05, 3.63) is 53.9 Å². The zero-order chi connectivity index (χ0) is 14.7. The maximum absolute atomic E-state index is 5.71. The van der Waals surface area contributed by atoms with Gasteiger partial charge < -0.3 is 10.5 Å². The van der Waals surface area contributed by atoms with E-state index in [1.165, 1.54) is 0 Å². The van der Waals surface area contributed by atoms with Crippen LogP contribution < -0.4 is 10.5 Å². The highest BCUT2D eigenvalue weighted by atomic mass is 32.1. The summed E-state index contributed by atoms with van der Waals surface area (Å²) >= 11 is 1.63. The third-order valence-corrected chi connectivity index (χ3v) is 3.99. The summed E-state index contributed by atoms with van der Waals surface area (Å²) in [5, 5.41) is 3.05. The van der Waals surface area contributed by atoms with E-state index in [4.69, 9.17) is 15.5 Å². The van der Waals surface area contributed by atoms with Crippen molar-refractivity contribution in [1.29, 1.82) is 0 Å². The second-order valence-electron chi connectivity index (χ2n) is 4.62. The van der Waals surface area contributed by atoms with Gasteiger partial charge in [-0.15, -0.1) is 11.3 Å². The number of hydrogen-bond donors (Lipinski definition) is 1. The molecule has 1 aromatic heterocycles. The Bertz CT molecular complexity index is 735. The standard InChI is InChI=1S/C17H16N2OS/c1-2-20-15-5-3-4-13(10-15)17-19-16(11-21-17)12-6-8-14(18)9-7-12/h3-11H,2,18H2,1H3. The fourth-order valence-electron chi connectivity index (χ4n) is 2.08. The molecule has 21 heavy (non-hydrogen) atoms. The topological polar surface area (TPSA) is 48.1 Å². The van der Waals surface area contributed by atoms with Gasteiger partial charge >= 0.3 is 0 Å². The molecule has 0 unspecified atom stereocenters. The van der Waals surface area contributed by atoms with E-state index in [2.05, 4.69) is 5.38 Å². The molecule has 0 radical (unpaired) electrons. The first-order chi connectivity index (χ1) is 10.3. The van der Waals surface area contributed by atoms with Gasteiger partial charge in [0, 0.05) is 22.2 Å². The highest BCUT2D eigenvalue weighted by Crippen LogP contribution is 2.30. The van der Waals surface area contributed by atoms with E-state index in [-0.39, 0.29) is 0 Å². The van der Waals surface area contributed by atoms with Gasteiger partial charge in [0.1, 0.15) is 10.8 Å². The minimum absolute atomic E-state index is 0.665. The fraction of sp³-hybridized carbons (Fsp3) is 0.118. The van der Waals surface area contributed by atoms with Gasteiger partial charge in [-0.2, -0.15) is 0 Å². The lowest BCUT2D eigenvalue weighted by molar-refractivity contribution is 0.340. The molecule has 2 N–H and O–H groups in total. The highest BCUT2D eigenvalue weighted by molar-refractivity contribution is 7.13. The molecule has 0 saturated carbocycles. The Morgan fingerprint density at radius 1 is 1.10 bits per heavy atom. The Labute approximate surface area is 128 Å². The smallest absolute Gasteiger partial charge is 0.124 e. The lowest BCUT2D eigenvalue weighted by atomic mass is 10.1. The Morgan fingerprint density at radius 3 is 2.67 bits per heavy atom. The maximum atomic E-state index is 5.71. The predicted octanol–water partition coefficient (Wildman–Crippen LogP) is 4.46. The molecule has 0 amide bonds. The Balaban J connectivity index is 1.91. The quantitative estimate of drug-likeness (QED) is 0.723. The number of benzene rings is 2. The van der Waals surface area contributed by atoms with Crippen molar-refractivity contribution >= 4 is 17.0 Å². The molecular formula is C17H16N2OS. The Kier molecular flexibility index (Phi) is 3.88. The molecule has 0 bridgehead atoms. The van der Waals surface area contributed by atoms with Gasteiger partial charge in [0.25, 0.3) is 0 Å². The van der Waals surface area contributed by atoms with Gasteiger partial charge in [-0.25, -0.2) is 4.98 Å². The first-order valence-corrected chi connectivity index (χ1v) is 7.69. The van der Waals surface area contributed by atoms with Crippen molar-refractivity contribution in [2.75, 3.05) is 12.3 Å². The first-order valence-electron chi connectivity index (χ1n) is 6.81. The third kappa shape index (κ3) is 3.06. The van der Waals surface area contributed by atoms with Crippen molar-refractivity contribution in [2.24, 2.45) is 0 Å². The molecule has 2 aromatic carbocycles. The SMILES string of the molecule is CCOc1cccc(-c2nc(-c3ccc(N)cc3)cs2)c1. The molecule has 0 aliphatic rings. The van der Waals surface area contributed by atoms with Crippen molar-refractivity contribution in [3.8, 4) is 27.6 Å².